The van der Waals surface area contributed by atoms with Crippen LogP contribution in [0.2, 0.25) is 0 Å². The fraction of sp³-hybridized carbons (Fsp3) is 0.471. The molecule has 0 saturated heterocycles. The van der Waals surface area contributed by atoms with Crippen molar-refractivity contribution in [1.82, 2.24) is 10.3 Å². The topological polar surface area (TPSA) is 24.9 Å². The van der Waals surface area contributed by atoms with Crippen LogP contribution < -0.4 is 5.32 Å². The van der Waals surface area contributed by atoms with E-state index in [2.05, 4.69) is 56.6 Å². The Balaban J connectivity index is 1.99. The summed E-state index contributed by atoms with van der Waals surface area (Å²) in [4.78, 5) is 4.75. The van der Waals surface area contributed by atoms with Gasteiger partial charge in [0.25, 0.3) is 0 Å². The number of nitrogens with zero attached hydrogens (tertiary/aromatic N) is 1. The smallest absolute Gasteiger partial charge is 0.0945 e. The highest BCUT2D eigenvalue weighted by atomic mass is 32.1. The van der Waals surface area contributed by atoms with Crippen LogP contribution in [0.25, 0.3) is 11.3 Å². The third kappa shape index (κ3) is 3.90. The van der Waals surface area contributed by atoms with Gasteiger partial charge >= 0.3 is 0 Å². The fourth-order valence-electron chi connectivity index (χ4n) is 2.03. The molecule has 0 amide bonds. The lowest BCUT2D eigenvalue weighted by Gasteiger charge is -2.09. The summed E-state index contributed by atoms with van der Waals surface area (Å²) in [6.45, 7) is 9.74. The predicted octanol–water partition coefficient (Wildman–Crippen LogP) is 4.36. The van der Waals surface area contributed by atoms with Crippen LogP contribution >= 0.6 is 11.3 Å². The molecule has 0 radical (unpaired) electrons. The average Bonchev–Trinajstić information content (AvgIpc) is 2.90. The Morgan fingerprint density at radius 1 is 1.25 bits per heavy atom. The minimum atomic E-state index is 0.592. The zero-order valence-electron chi connectivity index (χ0n) is 12.9. The maximum absolute atomic E-state index is 4.75. The standard InChI is InChI=1S/C17H24N2S/c1-5-14(4)18-9-8-17-19-16(11-20-17)15-7-6-12(2)13(3)10-15/h6-7,10-11,14,18H,5,8-9H2,1-4H3. The molecule has 1 N–H and O–H groups in total. The molecule has 108 valence electrons. The molecule has 0 aliphatic heterocycles. The molecule has 0 aliphatic rings. The lowest BCUT2D eigenvalue weighted by molar-refractivity contribution is 0.537. The van der Waals surface area contributed by atoms with Gasteiger partial charge in [-0.25, -0.2) is 4.98 Å². The molecule has 1 heterocycles. The largest absolute Gasteiger partial charge is 0.314 e. The van der Waals surface area contributed by atoms with Gasteiger partial charge in [0, 0.05) is 30.0 Å². The molecule has 2 rings (SSSR count). The molecule has 1 aromatic heterocycles. The van der Waals surface area contributed by atoms with Crippen LogP contribution in [0.3, 0.4) is 0 Å². The molecule has 0 bridgehead atoms. The molecule has 2 aromatic rings. The molecule has 20 heavy (non-hydrogen) atoms. The second kappa shape index (κ2) is 7.00. The van der Waals surface area contributed by atoms with Crippen LogP contribution in [0.15, 0.2) is 23.6 Å². The molecule has 1 atom stereocenters. The van der Waals surface area contributed by atoms with Gasteiger partial charge < -0.3 is 5.32 Å². The van der Waals surface area contributed by atoms with Crippen LogP contribution in [0, 0.1) is 13.8 Å². The Kier molecular flexibility index (Phi) is 5.32. The van der Waals surface area contributed by atoms with Crippen LogP contribution in [-0.4, -0.2) is 17.6 Å². The Bertz CT molecular complexity index is 560. The number of rotatable bonds is 6. The van der Waals surface area contributed by atoms with Gasteiger partial charge in [-0.2, -0.15) is 0 Å². The van der Waals surface area contributed by atoms with E-state index >= 15 is 0 Å². The lowest BCUT2D eigenvalue weighted by Crippen LogP contribution is -2.27. The number of aryl methyl sites for hydroxylation is 2. The normalized spacial score (nSPS) is 12.6. The van der Waals surface area contributed by atoms with E-state index in [1.807, 2.05) is 0 Å². The lowest BCUT2D eigenvalue weighted by atomic mass is 10.1. The molecule has 0 aliphatic carbocycles. The molecular formula is C17H24N2S. The second-order valence-corrected chi connectivity index (χ2v) is 6.38. The zero-order valence-corrected chi connectivity index (χ0v) is 13.7. The van der Waals surface area contributed by atoms with Crippen molar-refractivity contribution in [3.8, 4) is 11.3 Å². The second-order valence-electron chi connectivity index (χ2n) is 5.44. The molecule has 1 unspecified atom stereocenters. The summed E-state index contributed by atoms with van der Waals surface area (Å²) >= 11 is 1.76. The fourth-order valence-corrected chi connectivity index (χ4v) is 2.84. The van der Waals surface area contributed by atoms with E-state index in [0.29, 0.717) is 6.04 Å². The molecule has 2 nitrogen and oxygen atoms in total. The number of thiazole rings is 1. The Morgan fingerprint density at radius 3 is 2.75 bits per heavy atom. The van der Waals surface area contributed by atoms with Gasteiger partial charge in [-0.1, -0.05) is 19.1 Å². The first-order valence-electron chi connectivity index (χ1n) is 7.35. The molecular weight excluding hydrogens is 264 g/mol. The van der Waals surface area contributed by atoms with E-state index in [0.717, 1.165) is 18.7 Å². The first kappa shape index (κ1) is 15.2. The maximum atomic E-state index is 4.75. The average molecular weight is 288 g/mol. The maximum Gasteiger partial charge on any atom is 0.0945 e. The van der Waals surface area contributed by atoms with Crippen molar-refractivity contribution in [2.45, 2.75) is 46.6 Å². The van der Waals surface area contributed by atoms with E-state index in [-0.39, 0.29) is 0 Å². The van der Waals surface area contributed by atoms with Gasteiger partial charge in [-0.05, 0) is 44.4 Å². The number of hydrogen-bond donors (Lipinski definition) is 1. The Labute approximate surface area is 126 Å². The minimum Gasteiger partial charge on any atom is -0.314 e. The Morgan fingerprint density at radius 2 is 2.05 bits per heavy atom. The summed E-state index contributed by atoms with van der Waals surface area (Å²) in [6.07, 6.45) is 2.19. The predicted molar refractivity (Wildman–Crippen MR) is 88.5 cm³/mol. The first-order valence-corrected chi connectivity index (χ1v) is 8.23. The number of benzene rings is 1. The van der Waals surface area contributed by atoms with Crippen molar-refractivity contribution in [2.75, 3.05) is 6.54 Å². The van der Waals surface area contributed by atoms with Crippen molar-refractivity contribution in [3.63, 3.8) is 0 Å². The number of aromatic nitrogens is 1. The van der Waals surface area contributed by atoms with Gasteiger partial charge in [0.05, 0.1) is 10.7 Å². The van der Waals surface area contributed by atoms with Gasteiger partial charge in [0.2, 0.25) is 0 Å². The summed E-state index contributed by atoms with van der Waals surface area (Å²) in [5, 5.41) is 6.90. The molecule has 1 aromatic carbocycles. The van der Waals surface area contributed by atoms with Gasteiger partial charge in [0.1, 0.15) is 0 Å². The first-order chi connectivity index (χ1) is 9.60. The van der Waals surface area contributed by atoms with Crippen LogP contribution in [0.5, 0.6) is 0 Å². The highest BCUT2D eigenvalue weighted by molar-refractivity contribution is 7.09. The van der Waals surface area contributed by atoms with E-state index in [1.165, 1.54) is 28.1 Å². The van der Waals surface area contributed by atoms with Crippen LogP contribution in [0.1, 0.15) is 36.4 Å². The van der Waals surface area contributed by atoms with Crippen molar-refractivity contribution < 1.29 is 0 Å². The van der Waals surface area contributed by atoms with Crippen molar-refractivity contribution in [3.05, 3.63) is 39.7 Å². The third-order valence-electron chi connectivity index (χ3n) is 3.80. The molecule has 3 heteroatoms. The summed E-state index contributed by atoms with van der Waals surface area (Å²) in [7, 11) is 0. The van der Waals surface area contributed by atoms with Gasteiger partial charge in [0.15, 0.2) is 0 Å². The van der Waals surface area contributed by atoms with Crippen LogP contribution in [-0.2, 0) is 6.42 Å². The van der Waals surface area contributed by atoms with Crippen molar-refractivity contribution in [1.29, 1.82) is 0 Å². The van der Waals surface area contributed by atoms with E-state index in [9.17, 15) is 0 Å². The van der Waals surface area contributed by atoms with Crippen molar-refractivity contribution in [2.24, 2.45) is 0 Å². The van der Waals surface area contributed by atoms with E-state index < -0.39 is 0 Å². The number of hydrogen-bond acceptors (Lipinski definition) is 3. The van der Waals surface area contributed by atoms with Gasteiger partial charge in [-0.3, -0.25) is 0 Å². The summed E-state index contributed by atoms with van der Waals surface area (Å²) < 4.78 is 0. The highest BCUT2D eigenvalue weighted by Gasteiger charge is 2.06. The number of nitrogens with one attached hydrogen (secondary N) is 1. The SMILES string of the molecule is CCC(C)NCCc1nc(-c2ccc(C)c(C)c2)cs1. The highest BCUT2D eigenvalue weighted by Crippen LogP contribution is 2.24. The summed E-state index contributed by atoms with van der Waals surface area (Å²) in [6, 6.07) is 7.16. The molecule has 0 fully saturated rings. The van der Waals surface area contributed by atoms with Crippen molar-refractivity contribution >= 4 is 11.3 Å². The zero-order chi connectivity index (χ0) is 14.5. The minimum absolute atomic E-state index is 0.592. The van der Waals surface area contributed by atoms with E-state index in [4.69, 9.17) is 4.98 Å². The van der Waals surface area contributed by atoms with Gasteiger partial charge in [-0.15, -0.1) is 11.3 Å². The summed E-state index contributed by atoms with van der Waals surface area (Å²) in [5.74, 6) is 0. The summed E-state index contributed by atoms with van der Waals surface area (Å²) in [5.41, 5.74) is 5.00. The Hall–Kier alpha value is -1.19. The monoisotopic (exact) mass is 288 g/mol. The van der Waals surface area contributed by atoms with Crippen LogP contribution in [0.4, 0.5) is 0 Å². The van der Waals surface area contributed by atoms with E-state index in [1.54, 1.807) is 11.3 Å². The molecule has 0 saturated carbocycles. The molecule has 0 spiro atoms. The quantitative estimate of drug-likeness (QED) is 0.854. The third-order valence-corrected chi connectivity index (χ3v) is 4.71.